The van der Waals surface area contributed by atoms with Crippen molar-refractivity contribution >= 4 is 57.2 Å². The quantitative estimate of drug-likeness (QED) is 0.121. The van der Waals surface area contributed by atoms with E-state index in [1.165, 1.54) is 38.9 Å². The van der Waals surface area contributed by atoms with Crippen molar-refractivity contribution in [2.75, 3.05) is 9.80 Å². The number of anilines is 6. The zero-order valence-electron chi connectivity index (χ0n) is 50.0. The largest absolute Gasteiger partial charge is 0.366 e. The van der Waals surface area contributed by atoms with Crippen molar-refractivity contribution < 1.29 is 27.9 Å². The Hall–Kier alpha value is -6.67. The molecule has 0 saturated heterocycles. The second-order valence-electron chi connectivity index (χ2n) is 23.4. The third-order valence-corrected chi connectivity index (χ3v) is 14.8. The van der Waals surface area contributed by atoms with Gasteiger partial charge in [0, 0.05) is 54.9 Å². The van der Waals surface area contributed by atoms with Gasteiger partial charge in [-0.05, 0) is 104 Å². The van der Waals surface area contributed by atoms with Crippen molar-refractivity contribution in [2.45, 2.75) is 105 Å². The van der Waals surface area contributed by atoms with Crippen LogP contribution in [0.25, 0.3) is 22.3 Å². The SMILES string of the molecule is CC(C)(C)c1cc[c-]cc1.[2H]c1c([2H])c([2H])c(-c2ccc(N(c3ccc(C(C)(C)C)cc3)c3ccc4c(c3)N(c3ccc5c(c3)C(C)(C)c3ccccc3-5)c3cc(C)c[c-]c3B4c3[c-]ccc(C(C)(C)C)c3)cc2)c([2H])c1[2H].[W]. The van der Waals surface area contributed by atoms with E-state index in [4.69, 9.17) is 6.85 Å². The average Bonchev–Trinajstić information content (AvgIpc) is 3.90. The van der Waals surface area contributed by atoms with Gasteiger partial charge in [-0.3, -0.25) is 0 Å². The summed E-state index contributed by atoms with van der Waals surface area (Å²) >= 11 is 0. The topological polar surface area (TPSA) is 6.48 Å². The fourth-order valence-electron chi connectivity index (χ4n) is 10.6. The normalized spacial score (nSPS) is 14.3. The Kier molecular flexibility index (Phi) is 12.5. The van der Waals surface area contributed by atoms with Crippen LogP contribution >= 0.6 is 0 Å². The number of nitrogens with zero attached hydrogens (tertiary/aromatic N) is 2. The Balaban J connectivity index is 0.000000622. The molecule has 0 amide bonds. The smallest absolute Gasteiger partial charge is 0.196 e. The van der Waals surface area contributed by atoms with Gasteiger partial charge in [-0.2, -0.15) is 94.3 Å². The molecule has 0 bridgehead atoms. The summed E-state index contributed by atoms with van der Waals surface area (Å²) in [6.45, 7) is 26.7. The second-order valence-corrected chi connectivity index (χ2v) is 23.4. The van der Waals surface area contributed by atoms with E-state index in [1.54, 1.807) is 0 Å². The molecule has 11 rings (SSSR count). The standard InChI is InChI=1S/C60H55BN2.C10H13.W/c1-40-22-34-54-56(36-40)63(48-31-33-51-50-20-13-14-21-52(50)60(8,9)53(51)38-48)57-39-49(32-35-55(57)61(54)45-19-15-18-44(37-45)59(5,6)7)62(47-29-25-43(26-30-47)58(2,3)4)46-27-23-42(24-28-46)41-16-11-10-12-17-41;1-10(2,3)9-7-5-4-6-8-9;/h10-18,20-33,35-39H,1-9H3;5-8H,1-3H3;/q-2;-1;/i10D,11D,12D,16D,17D;;. The minimum Gasteiger partial charge on any atom is -0.366 e. The van der Waals surface area contributed by atoms with E-state index >= 15 is 0 Å². The molecule has 2 nitrogen and oxygen atoms in total. The molecule has 74 heavy (non-hydrogen) atoms. The number of hydrogen-bond donors (Lipinski definition) is 0. The summed E-state index contributed by atoms with van der Waals surface area (Å²) in [7, 11) is 0. The summed E-state index contributed by atoms with van der Waals surface area (Å²) in [5, 5.41) is 0. The summed E-state index contributed by atoms with van der Waals surface area (Å²) in [6, 6.07) is 67.0. The first kappa shape index (κ1) is 45.9. The van der Waals surface area contributed by atoms with E-state index < -0.39 is 6.04 Å². The summed E-state index contributed by atoms with van der Waals surface area (Å²) in [6.07, 6.45) is 0. The van der Waals surface area contributed by atoms with Gasteiger partial charge in [0.25, 0.3) is 0 Å². The molecule has 9 aromatic carbocycles. The predicted octanol–water partition coefficient (Wildman–Crippen LogP) is 16.7. The first-order valence-corrected chi connectivity index (χ1v) is 25.6. The van der Waals surface area contributed by atoms with E-state index in [0.29, 0.717) is 5.56 Å². The van der Waals surface area contributed by atoms with Crippen LogP contribution in [-0.4, -0.2) is 6.71 Å². The Labute approximate surface area is 464 Å². The molecule has 0 fully saturated rings. The van der Waals surface area contributed by atoms with Gasteiger partial charge in [0.05, 0.1) is 6.85 Å². The minimum atomic E-state index is -0.405. The first-order chi connectivity index (χ1) is 36.8. The third kappa shape index (κ3) is 10.1. The van der Waals surface area contributed by atoms with Gasteiger partial charge in [-0.15, -0.1) is 6.07 Å². The van der Waals surface area contributed by atoms with Crippen LogP contribution in [0.5, 0.6) is 0 Å². The van der Waals surface area contributed by atoms with Gasteiger partial charge in [-0.1, -0.05) is 185 Å². The summed E-state index contributed by atoms with van der Waals surface area (Å²) in [5.74, 6) is 0. The van der Waals surface area contributed by atoms with E-state index in [9.17, 15) is 0 Å². The second kappa shape index (κ2) is 20.2. The molecule has 0 aromatic heterocycles. The maximum atomic E-state index is 8.72. The number of aryl methyl sites for hydroxylation is 1. The third-order valence-electron chi connectivity index (χ3n) is 14.8. The van der Waals surface area contributed by atoms with Crippen molar-refractivity contribution in [2.24, 2.45) is 0 Å². The van der Waals surface area contributed by atoms with Crippen LogP contribution in [0.2, 0.25) is 0 Å². The molecule has 0 unspecified atom stereocenters. The number of fused-ring (bicyclic) bond motifs is 5. The summed E-state index contributed by atoms with van der Waals surface area (Å²) in [5.41, 5.74) is 20.1. The molecule has 0 atom stereocenters. The van der Waals surface area contributed by atoms with Gasteiger partial charge in [-0.25, -0.2) is 0 Å². The van der Waals surface area contributed by atoms with E-state index in [0.717, 1.165) is 56.1 Å². The molecule has 4 heteroatoms. The van der Waals surface area contributed by atoms with Gasteiger partial charge < -0.3 is 9.80 Å². The number of hydrogen-bond acceptors (Lipinski definition) is 2. The maximum absolute atomic E-state index is 8.72. The van der Waals surface area contributed by atoms with E-state index in [1.807, 2.05) is 36.4 Å². The zero-order chi connectivity index (χ0) is 55.8. The Morgan fingerprint density at radius 2 is 1.14 bits per heavy atom. The van der Waals surface area contributed by atoms with Crippen LogP contribution in [-0.2, 0) is 42.7 Å². The molecule has 0 saturated carbocycles. The van der Waals surface area contributed by atoms with Crippen LogP contribution in [0.1, 0.15) is 116 Å². The summed E-state index contributed by atoms with van der Waals surface area (Å²) in [4.78, 5) is 4.68. The molecular weight excluding hydrogens is 1060 g/mol. The van der Waals surface area contributed by atoms with Crippen molar-refractivity contribution in [3.8, 4) is 22.3 Å². The van der Waals surface area contributed by atoms with Crippen molar-refractivity contribution in [3.63, 3.8) is 0 Å². The van der Waals surface area contributed by atoms with Gasteiger partial charge in [0.1, 0.15) is 0 Å². The minimum absolute atomic E-state index is 0. The average molecular weight is 1140 g/mol. The van der Waals surface area contributed by atoms with E-state index in [2.05, 4.69) is 238 Å². The molecule has 1 heterocycles. The monoisotopic (exact) mass is 1140 g/mol. The molecule has 0 radical (unpaired) electrons. The van der Waals surface area contributed by atoms with E-state index in [-0.39, 0.29) is 79.2 Å². The van der Waals surface area contributed by atoms with Gasteiger partial charge in [0.2, 0.25) is 0 Å². The van der Waals surface area contributed by atoms with Crippen molar-refractivity contribution in [1.82, 2.24) is 0 Å². The van der Waals surface area contributed by atoms with Crippen LogP contribution in [0.4, 0.5) is 34.1 Å². The van der Waals surface area contributed by atoms with Crippen LogP contribution in [0.15, 0.2) is 194 Å². The Bertz CT molecular complexity index is 3710. The maximum Gasteiger partial charge on any atom is 0.196 e. The van der Waals surface area contributed by atoms with Crippen LogP contribution in [0, 0.1) is 25.1 Å². The molecule has 370 valence electrons. The molecule has 0 N–H and O–H groups in total. The first-order valence-electron chi connectivity index (χ1n) is 28.1. The fourth-order valence-corrected chi connectivity index (χ4v) is 10.6. The number of benzene rings is 9. The zero-order valence-corrected chi connectivity index (χ0v) is 47.9. The van der Waals surface area contributed by atoms with Crippen LogP contribution < -0.4 is 26.2 Å². The van der Waals surface area contributed by atoms with Gasteiger partial charge >= 0.3 is 0 Å². The Morgan fingerprint density at radius 1 is 0.541 bits per heavy atom. The van der Waals surface area contributed by atoms with Crippen molar-refractivity contribution in [1.29, 1.82) is 0 Å². The van der Waals surface area contributed by atoms with Crippen LogP contribution in [0.3, 0.4) is 0 Å². The molecular formula is C70H68BN2W-3. The fraction of sp³-hybridized carbons (Fsp3) is 0.229. The van der Waals surface area contributed by atoms with Gasteiger partial charge in [0.15, 0.2) is 6.71 Å². The summed E-state index contributed by atoms with van der Waals surface area (Å²) < 4.78 is 42.3. The van der Waals surface area contributed by atoms with Crippen molar-refractivity contribution in [3.05, 3.63) is 246 Å². The Morgan fingerprint density at radius 3 is 1.78 bits per heavy atom. The molecule has 0 spiro atoms. The number of rotatable bonds is 6. The molecule has 1 aliphatic heterocycles. The molecule has 9 aromatic rings. The molecule has 1 aliphatic carbocycles. The molecule has 2 aliphatic rings. The predicted molar refractivity (Wildman–Crippen MR) is 314 cm³/mol.